The highest BCUT2D eigenvalue weighted by molar-refractivity contribution is 5.22. The van der Waals surface area contributed by atoms with E-state index < -0.39 is 0 Å². The molecule has 1 aromatic heterocycles. The third-order valence-electron chi connectivity index (χ3n) is 1.97. The van der Waals surface area contributed by atoms with Gasteiger partial charge in [0.2, 0.25) is 5.88 Å². The average Bonchev–Trinajstić information content (AvgIpc) is 2.24. The summed E-state index contributed by atoms with van der Waals surface area (Å²) in [5, 5.41) is 7.67. The summed E-state index contributed by atoms with van der Waals surface area (Å²) < 4.78 is 5.50. The molecule has 0 unspecified atom stereocenters. The molecule has 0 saturated carbocycles. The van der Waals surface area contributed by atoms with Crippen LogP contribution in [0.1, 0.15) is 12.0 Å². The molecule has 0 aliphatic carbocycles. The van der Waals surface area contributed by atoms with E-state index >= 15 is 0 Å². The van der Waals surface area contributed by atoms with Crippen LogP contribution in [0.15, 0.2) is 12.3 Å². The smallest absolute Gasteiger partial charge is 0.237 e. The highest BCUT2D eigenvalue weighted by Gasteiger charge is 2.03. The lowest BCUT2D eigenvalue weighted by molar-refractivity contribution is 0.268. The van der Waals surface area contributed by atoms with Gasteiger partial charge in [-0.2, -0.15) is 5.10 Å². The third kappa shape index (κ3) is 4.22. The molecule has 0 aliphatic heterocycles. The van der Waals surface area contributed by atoms with E-state index in [-0.39, 0.29) is 0 Å². The minimum absolute atomic E-state index is 0.429. The van der Waals surface area contributed by atoms with Gasteiger partial charge in [-0.05, 0) is 26.6 Å². The Balaban J connectivity index is 2.36. The maximum Gasteiger partial charge on any atom is 0.237 e. The SMILES string of the molecule is CN(C)CCCOc1nnccc1CN. The molecule has 2 N–H and O–H groups in total. The maximum atomic E-state index is 5.55. The van der Waals surface area contributed by atoms with Crippen LogP contribution in [0.2, 0.25) is 0 Å². The molecule has 0 spiro atoms. The van der Waals surface area contributed by atoms with Gasteiger partial charge < -0.3 is 15.4 Å². The Hall–Kier alpha value is -1.20. The van der Waals surface area contributed by atoms with E-state index in [9.17, 15) is 0 Å². The molecule has 1 aromatic rings. The molecule has 0 aliphatic rings. The molecule has 0 radical (unpaired) electrons. The quantitative estimate of drug-likeness (QED) is 0.683. The van der Waals surface area contributed by atoms with Crippen LogP contribution in [0.25, 0.3) is 0 Å². The number of rotatable bonds is 6. The van der Waals surface area contributed by atoms with Crippen molar-refractivity contribution in [3.05, 3.63) is 17.8 Å². The lowest BCUT2D eigenvalue weighted by Gasteiger charge is -2.10. The van der Waals surface area contributed by atoms with Crippen LogP contribution in [0.5, 0.6) is 5.88 Å². The second kappa shape index (κ2) is 6.31. The second-order valence-corrected chi connectivity index (χ2v) is 3.57. The Morgan fingerprint density at radius 1 is 1.47 bits per heavy atom. The highest BCUT2D eigenvalue weighted by Crippen LogP contribution is 2.11. The zero-order valence-electron chi connectivity index (χ0n) is 9.31. The predicted octanol–water partition coefficient (Wildman–Crippen LogP) is 0.266. The summed E-state index contributed by atoms with van der Waals surface area (Å²) in [4.78, 5) is 2.11. The van der Waals surface area contributed by atoms with E-state index in [1.807, 2.05) is 20.2 Å². The van der Waals surface area contributed by atoms with E-state index in [4.69, 9.17) is 10.5 Å². The Labute approximate surface area is 90.2 Å². The molecule has 0 bridgehead atoms. The van der Waals surface area contributed by atoms with Crippen LogP contribution in [0.3, 0.4) is 0 Å². The minimum Gasteiger partial charge on any atom is -0.476 e. The average molecular weight is 210 g/mol. The van der Waals surface area contributed by atoms with Crippen LogP contribution < -0.4 is 10.5 Å². The summed E-state index contributed by atoms with van der Waals surface area (Å²) in [5.74, 6) is 0.554. The van der Waals surface area contributed by atoms with E-state index in [1.54, 1.807) is 6.20 Å². The normalized spacial score (nSPS) is 10.7. The summed E-state index contributed by atoms with van der Waals surface area (Å²) >= 11 is 0. The summed E-state index contributed by atoms with van der Waals surface area (Å²) in [6.45, 7) is 2.07. The van der Waals surface area contributed by atoms with Gasteiger partial charge in [0.25, 0.3) is 0 Å². The molecule has 1 heterocycles. The third-order valence-corrected chi connectivity index (χ3v) is 1.97. The summed E-state index contributed by atoms with van der Waals surface area (Å²) in [7, 11) is 4.07. The predicted molar refractivity (Wildman–Crippen MR) is 58.6 cm³/mol. The lowest BCUT2D eigenvalue weighted by atomic mass is 10.3. The topological polar surface area (TPSA) is 64.3 Å². The summed E-state index contributed by atoms with van der Waals surface area (Å²) in [5.41, 5.74) is 6.45. The van der Waals surface area contributed by atoms with Gasteiger partial charge in [-0.3, -0.25) is 0 Å². The van der Waals surface area contributed by atoms with Crippen LogP contribution in [0.4, 0.5) is 0 Å². The van der Waals surface area contributed by atoms with Gasteiger partial charge >= 0.3 is 0 Å². The molecule has 0 amide bonds. The molecule has 0 saturated heterocycles. The van der Waals surface area contributed by atoms with E-state index in [0.717, 1.165) is 18.5 Å². The molecular formula is C10H18N4O. The fourth-order valence-electron chi connectivity index (χ4n) is 1.17. The Bertz CT molecular complexity index is 291. The van der Waals surface area contributed by atoms with Crippen molar-refractivity contribution in [2.75, 3.05) is 27.2 Å². The van der Waals surface area contributed by atoms with Crippen LogP contribution in [-0.2, 0) is 6.54 Å². The van der Waals surface area contributed by atoms with Gasteiger partial charge in [-0.25, -0.2) is 0 Å². The summed E-state index contributed by atoms with van der Waals surface area (Å²) in [6.07, 6.45) is 2.59. The largest absolute Gasteiger partial charge is 0.476 e. The van der Waals surface area contributed by atoms with Crippen LogP contribution in [-0.4, -0.2) is 42.3 Å². The van der Waals surface area contributed by atoms with Crippen LogP contribution >= 0.6 is 0 Å². The zero-order chi connectivity index (χ0) is 11.1. The molecule has 5 nitrogen and oxygen atoms in total. The lowest BCUT2D eigenvalue weighted by Crippen LogP contribution is -2.16. The second-order valence-electron chi connectivity index (χ2n) is 3.57. The van der Waals surface area contributed by atoms with Gasteiger partial charge in [-0.1, -0.05) is 0 Å². The van der Waals surface area contributed by atoms with Crippen molar-refractivity contribution >= 4 is 0 Å². The van der Waals surface area contributed by atoms with Gasteiger partial charge in [0.15, 0.2) is 0 Å². The van der Waals surface area contributed by atoms with E-state index in [2.05, 4.69) is 15.1 Å². The van der Waals surface area contributed by atoms with Crippen LogP contribution in [0, 0.1) is 0 Å². The standard InChI is InChI=1S/C10H18N4O/c1-14(2)6-3-7-15-10-9(8-11)4-5-12-13-10/h4-5H,3,6-8,11H2,1-2H3. The van der Waals surface area contributed by atoms with Gasteiger partial charge in [-0.15, -0.1) is 5.10 Å². The zero-order valence-corrected chi connectivity index (χ0v) is 9.31. The number of nitrogens with two attached hydrogens (primary N) is 1. The first-order chi connectivity index (χ1) is 7.24. The van der Waals surface area contributed by atoms with Crippen molar-refractivity contribution in [1.29, 1.82) is 0 Å². The van der Waals surface area contributed by atoms with E-state index in [0.29, 0.717) is 19.0 Å². The monoisotopic (exact) mass is 210 g/mol. The summed E-state index contributed by atoms with van der Waals surface area (Å²) in [6, 6.07) is 1.83. The fourth-order valence-corrected chi connectivity index (χ4v) is 1.17. The number of aromatic nitrogens is 2. The van der Waals surface area contributed by atoms with Crippen molar-refractivity contribution in [3.63, 3.8) is 0 Å². The van der Waals surface area contributed by atoms with Crippen molar-refractivity contribution in [2.24, 2.45) is 5.73 Å². The number of ether oxygens (including phenoxy) is 1. The molecular weight excluding hydrogens is 192 g/mol. The molecule has 1 rings (SSSR count). The van der Waals surface area contributed by atoms with Gasteiger partial charge in [0.1, 0.15) is 0 Å². The molecule has 5 heteroatoms. The fraction of sp³-hybridized carbons (Fsp3) is 0.600. The number of nitrogens with zero attached hydrogens (tertiary/aromatic N) is 3. The first-order valence-corrected chi connectivity index (χ1v) is 5.02. The van der Waals surface area contributed by atoms with Gasteiger partial charge in [0, 0.05) is 18.7 Å². The Morgan fingerprint density at radius 2 is 2.27 bits per heavy atom. The van der Waals surface area contributed by atoms with Crippen molar-refractivity contribution < 1.29 is 4.74 Å². The van der Waals surface area contributed by atoms with Crippen molar-refractivity contribution in [3.8, 4) is 5.88 Å². The molecule has 0 fully saturated rings. The van der Waals surface area contributed by atoms with Crippen molar-refractivity contribution in [1.82, 2.24) is 15.1 Å². The molecule has 0 aromatic carbocycles. The molecule has 15 heavy (non-hydrogen) atoms. The Morgan fingerprint density at radius 3 is 2.93 bits per heavy atom. The number of hydrogen-bond donors (Lipinski definition) is 1. The maximum absolute atomic E-state index is 5.55. The first kappa shape index (κ1) is 11.9. The van der Waals surface area contributed by atoms with Gasteiger partial charge in [0.05, 0.1) is 12.8 Å². The minimum atomic E-state index is 0.429. The number of hydrogen-bond acceptors (Lipinski definition) is 5. The molecule has 0 atom stereocenters. The highest BCUT2D eigenvalue weighted by atomic mass is 16.5. The van der Waals surface area contributed by atoms with Crippen molar-refractivity contribution in [2.45, 2.75) is 13.0 Å². The first-order valence-electron chi connectivity index (χ1n) is 5.02. The Kier molecular flexibility index (Phi) is 5.00. The molecule has 84 valence electrons. The van der Waals surface area contributed by atoms with E-state index in [1.165, 1.54) is 0 Å².